The van der Waals surface area contributed by atoms with Gasteiger partial charge in [-0.3, -0.25) is 4.79 Å². The fourth-order valence-corrected chi connectivity index (χ4v) is 3.73. The molecule has 2 atom stereocenters. The average Bonchev–Trinajstić information content (AvgIpc) is 2.67. The number of aryl methyl sites for hydroxylation is 1. The van der Waals surface area contributed by atoms with E-state index in [9.17, 15) is 19.5 Å². The lowest BCUT2D eigenvalue weighted by atomic mass is 9.91. The number of carbonyl (C=O) groups excluding carboxylic acids is 2. The smallest absolute Gasteiger partial charge is 0.339 e. The van der Waals surface area contributed by atoms with Gasteiger partial charge in [0.25, 0.3) is 5.91 Å². The number of ether oxygens (including phenoxy) is 1. The molecule has 0 saturated carbocycles. The summed E-state index contributed by atoms with van der Waals surface area (Å²) in [5.41, 5.74) is 1.89. The molecule has 0 bridgehead atoms. The molecular weight excluding hydrogens is 374 g/mol. The molecule has 1 aromatic carbocycles. The third-order valence-electron chi connectivity index (χ3n) is 5.19. The van der Waals surface area contributed by atoms with E-state index in [-0.39, 0.29) is 18.0 Å². The van der Waals surface area contributed by atoms with Crippen LogP contribution in [0.1, 0.15) is 51.2 Å². The molecule has 156 valence electrons. The Kier molecular flexibility index (Phi) is 6.25. The maximum absolute atomic E-state index is 12.4. The maximum Gasteiger partial charge on any atom is 0.339 e. The van der Waals surface area contributed by atoms with Gasteiger partial charge in [0.1, 0.15) is 11.3 Å². The second-order valence-electron chi connectivity index (χ2n) is 7.98. The molecule has 0 unspecified atom stereocenters. The van der Waals surface area contributed by atoms with Gasteiger partial charge in [-0.05, 0) is 62.6 Å². The molecule has 0 saturated heterocycles. The zero-order chi connectivity index (χ0) is 21.1. The van der Waals surface area contributed by atoms with Gasteiger partial charge in [-0.15, -0.1) is 0 Å². The van der Waals surface area contributed by atoms with Crippen molar-refractivity contribution in [3.63, 3.8) is 0 Å². The van der Waals surface area contributed by atoms with Crippen molar-refractivity contribution in [3.8, 4) is 5.75 Å². The fraction of sp³-hybridized carbons (Fsp3) is 0.500. The summed E-state index contributed by atoms with van der Waals surface area (Å²) in [5.74, 6) is -1.42. The first-order valence-corrected chi connectivity index (χ1v) is 10.0. The third kappa shape index (κ3) is 4.78. The van der Waals surface area contributed by atoms with Gasteiger partial charge in [-0.1, -0.05) is 13.8 Å². The molecule has 7 heteroatoms. The molecule has 3 rings (SSSR count). The topological polar surface area (TPSA) is 109 Å². The molecule has 2 aromatic rings. The highest BCUT2D eigenvalue weighted by atomic mass is 16.5. The second kappa shape index (κ2) is 8.68. The van der Waals surface area contributed by atoms with E-state index < -0.39 is 24.0 Å². The first-order chi connectivity index (χ1) is 13.8. The Morgan fingerprint density at radius 1 is 1.17 bits per heavy atom. The standard InChI is InChI=1S/C22H27NO6/c1-12(2)10-18(21(25)26)23-20(24)13(3)28-14-8-9-16-15-6-4-5-7-17(15)22(27)29-19(16)11-14/h8-9,11-13,18H,4-7,10H2,1-3H3,(H,23,24)(H,25,26)/p-1/t13-,18-/m0/s1. The van der Waals surface area contributed by atoms with Gasteiger partial charge in [0.2, 0.25) is 0 Å². The molecule has 29 heavy (non-hydrogen) atoms. The van der Waals surface area contributed by atoms with Crippen molar-refractivity contribution in [1.29, 1.82) is 0 Å². The van der Waals surface area contributed by atoms with Crippen molar-refractivity contribution in [2.45, 2.75) is 65.0 Å². The number of carboxylic acid groups (broad SMARTS) is 1. The second-order valence-corrected chi connectivity index (χ2v) is 7.98. The van der Waals surface area contributed by atoms with E-state index in [0.717, 1.165) is 42.2 Å². The summed E-state index contributed by atoms with van der Waals surface area (Å²) in [6.07, 6.45) is 2.95. The number of hydrogen-bond acceptors (Lipinski definition) is 6. The molecule has 0 radical (unpaired) electrons. The van der Waals surface area contributed by atoms with E-state index in [2.05, 4.69) is 5.32 Å². The van der Waals surface area contributed by atoms with E-state index in [1.54, 1.807) is 12.1 Å². The summed E-state index contributed by atoms with van der Waals surface area (Å²) in [6.45, 7) is 5.26. The van der Waals surface area contributed by atoms with Crippen LogP contribution in [0.3, 0.4) is 0 Å². The van der Waals surface area contributed by atoms with Gasteiger partial charge < -0.3 is 24.4 Å². The van der Waals surface area contributed by atoms with E-state index >= 15 is 0 Å². The minimum Gasteiger partial charge on any atom is -0.548 e. The number of carboxylic acids is 1. The summed E-state index contributed by atoms with van der Waals surface area (Å²) >= 11 is 0. The Morgan fingerprint density at radius 2 is 1.86 bits per heavy atom. The molecular formula is C22H26NO6-. The fourth-order valence-electron chi connectivity index (χ4n) is 3.73. The Balaban J connectivity index is 1.76. The summed E-state index contributed by atoms with van der Waals surface area (Å²) in [4.78, 5) is 35.9. The van der Waals surface area contributed by atoms with Gasteiger partial charge in [-0.25, -0.2) is 4.79 Å². The molecule has 1 heterocycles. The summed E-state index contributed by atoms with van der Waals surface area (Å²) in [6, 6.07) is 4.09. The zero-order valence-electron chi connectivity index (χ0n) is 16.9. The highest BCUT2D eigenvalue weighted by molar-refractivity contribution is 5.86. The van der Waals surface area contributed by atoms with Crippen LogP contribution in [0.4, 0.5) is 0 Å². The minimum absolute atomic E-state index is 0.0868. The van der Waals surface area contributed by atoms with Gasteiger partial charge in [0.05, 0.1) is 12.0 Å². The highest BCUT2D eigenvalue weighted by Crippen LogP contribution is 2.29. The number of amides is 1. The monoisotopic (exact) mass is 400 g/mol. The predicted octanol–water partition coefficient (Wildman–Crippen LogP) is 1.72. The molecule has 1 aliphatic rings. The number of nitrogens with one attached hydrogen (secondary N) is 1. The molecule has 1 N–H and O–H groups in total. The van der Waals surface area contributed by atoms with Crippen molar-refractivity contribution in [3.05, 3.63) is 39.7 Å². The molecule has 1 amide bonds. The van der Waals surface area contributed by atoms with E-state index in [1.165, 1.54) is 6.92 Å². The summed E-state index contributed by atoms with van der Waals surface area (Å²) in [7, 11) is 0. The largest absolute Gasteiger partial charge is 0.548 e. The van der Waals surface area contributed by atoms with Crippen molar-refractivity contribution in [2.24, 2.45) is 5.92 Å². The van der Waals surface area contributed by atoms with Gasteiger partial charge in [0.15, 0.2) is 6.10 Å². The van der Waals surface area contributed by atoms with E-state index in [1.807, 2.05) is 19.9 Å². The number of carbonyl (C=O) groups is 2. The van der Waals surface area contributed by atoms with Crippen LogP contribution in [0.5, 0.6) is 5.75 Å². The highest BCUT2D eigenvalue weighted by Gasteiger charge is 2.22. The number of rotatable bonds is 7. The maximum atomic E-state index is 12.4. The van der Waals surface area contributed by atoms with Crippen LogP contribution in [-0.4, -0.2) is 24.0 Å². The normalized spacial score (nSPS) is 15.6. The molecule has 0 fully saturated rings. The Bertz CT molecular complexity index is 977. The molecule has 7 nitrogen and oxygen atoms in total. The Labute approximate surface area is 169 Å². The molecule has 0 aliphatic heterocycles. The van der Waals surface area contributed by atoms with Crippen LogP contribution in [0, 0.1) is 5.92 Å². The van der Waals surface area contributed by atoms with E-state index in [0.29, 0.717) is 11.3 Å². The molecule has 1 aliphatic carbocycles. The first-order valence-electron chi connectivity index (χ1n) is 10.0. The van der Waals surface area contributed by atoms with Crippen molar-refractivity contribution in [1.82, 2.24) is 5.32 Å². The van der Waals surface area contributed by atoms with Gasteiger partial charge in [-0.2, -0.15) is 0 Å². The lowest BCUT2D eigenvalue weighted by Crippen LogP contribution is -2.51. The zero-order valence-corrected chi connectivity index (χ0v) is 16.9. The molecule has 1 aromatic heterocycles. The minimum atomic E-state index is -1.32. The van der Waals surface area contributed by atoms with Crippen LogP contribution in [0.2, 0.25) is 0 Å². The first kappa shape index (κ1) is 20.9. The lowest BCUT2D eigenvalue weighted by Gasteiger charge is -2.23. The summed E-state index contributed by atoms with van der Waals surface area (Å²) < 4.78 is 11.1. The Morgan fingerprint density at radius 3 is 2.52 bits per heavy atom. The average molecular weight is 400 g/mol. The lowest BCUT2D eigenvalue weighted by molar-refractivity contribution is -0.308. The number of fused-ring (bicyclic) bond motifs is 3. The van der Waals surface area contributed by atoms with Gasteiger partial charge >= 0.3 is 5.63 Å². The van der Waals surface area contributed by atoms with Crippen LogP contribution < -0.4 is 20.8 Å². The SMILES string of the molecule is CC(C)C[C@H](NC(=O)[C@H](C)Oc1ccc2c3c(c(=O)oc2c1)CCCC3)C(=O)[O-]. The molecule has 0 spiro atoms. The number of hydrogen-bond donors (Lipinski definition) is 1. The van der Waals surface area contributed by atoms with Crippen molar-refractivity contribution >= 4 is 22.8 Å². The van der Waals surface area contributed by atoms with Crippen LogP contribution in [-0.2, 0) is 22.4 Å². The summed E-state index contributed by atoms with van der Waals surface area (Å²) in [5, 5.41) is 14.6. The van der Waals surface area contributed by atoms with Crippen molar-refractivity contribution in [2.75, 3.05) is 0 Å². The van der Waals surface area contributed by atoms with E-state index in [4.69, 9.17) is 9.15 Å². The third-order valence-corrected chi connectivity index (χ3v) is 5.19. The van der Waals surface area contributed by atoms with Gasteiger partial charge in [0, 0.05) is 17.0 Å². The van der Waals surface area contributed by atoms with Crippen LogP contribution in [0.15, 0.2) is 27.4 Å². The quantitative estimate of drug-likeness (QED) is 0.709. The number of benzene rings is 1. The predicted molar refractivity (Wildman–Crippen MR) is 106 cm³/mol. The van der Waals surface area contributed by atoms with Crippen LogP contribution in [0.25, 0.3) is 11.0 Å². The number of aliphatic carboxylic acids is 1. The van der Waals surface area contributed by atoms with Crippen LogP contribution >= 0.6 is 0 Å². The Hall–Kier alpha value is -2.83. The van der Waals surface area contributed by atoms with Crippen molar-refractivity contribution < 1.29 is 23.8 Å².